The Morgan fingerprint density at radius 3 is 2.25 bits per heavy atom. The number of benzene rings is 1. The monoisotopic (exact) mass is 314 g/mol. The molecule has 0 amide bonds. The molecule has 8 heteroatoms. The van der Waals surface area contributed by atoms with Gasteiger partial charge in [0.1, 0.15) is 0 Å². The zero-order chi connectivity index (χ0) is 14.9. The summed E-state index contributed by atoms with van der Waals surface area (Å²) in [5.74, 6) is 0.483. The highest BCUT2D eigenvalue weighted by atomic mass is 35.7. The Hall–Kier alpha value is -1.60. The first-order chi connectivity index (χ1) is 9.34. The van der Waals surface area contributed by atoms with Gasteiger partial charge in [-0.1, -0.05) is 0 Å². The summed E-state index contributed by atoms with van der Waals surface area (Å²) in [4.78, 5) is 1.98. The summed E-state index contributed by atoms with van der Waals surface area (Å²) in [5.41, 5.74) is 1.83. The number of anilines is 1. The van der Waals surface area contributed by atoms with E-state index in [0.29, 0.717) is 12.4 Å². The van der Waals surface area contributed by atoms with Crippen molar-refractivity contribution in [3.05, 3.63) is 24.3 Å². The van der Waals surface area contributed by atoms with Crippen LogP contribution in [0.1, 0.15) is 6.92 Å². The van der Waals surface area contributed by atoms with E-state index in [1.54, 1.807) is 0 Å². The fourth-order valence-electron chi connectivity index (χ4n) is 1.88. The average molecular weight is 315 g/mol. The van der Waals surface area contributed by atoms with Gasteiger partial charge in [0.2, 0.25) is 0 Å². The Balaban J connectivity index is 2.51. The fourth-order valence-corrected chi connectivity index (χ4v) is 2.84. The minimum Gasteiger partial charge on any atom is -0.378 e. The van der Waals surface area contributed by atoms with Crippen molar-refractivity contribution in [3.8, 4) is 11.4 Å². The normalized spacial score (nSPS) is 11.6. The average Bonchev–Trinajstić information content (AvgIpc) is 2.82. The molecule has 0 spiro atoms. The van der Waals surface area contributed by atoms with Gasteiger partial charge in [0, 0.05) is 42.6 Å². The van der Waals surface area contributed by atoms with Crippen LogP contribution in [0.3, 0.4) is 0 Å². The highest BCUT2D eigenvalue weighted by Gasteiger charge is 2.22. The van der Waals surface area contributed by atoms with Crippen molar-refractivity contribution in [2.75, 3.05) is 19.0 Å². The molecule has 0 aliphatic heterocycles. The van der Waals surface area contributed by atoms with Gasteiger partial charge < -0.3 is 4.90 Å². The molecular weight excluding hydrogens is 300 g/mol. The summed E-state index contributed by atoms with van der Waals surface area (Å²) >= 11 is 0. The van der Waals surface area contributed by atoms with Crippen molar-refractivity contribution in [3.63, 3.8) is 0 Å². The standard InChI is InChI=1S/C12H15ClN4O2S/c1-4-17-11(14-15-12(17)20(13,18)19)9-5-7-10(8-6-9)16(2)3/h5-8H,4H2,1-3H3. The molecule has 0 N–H and O–H groups in total. The maximum Gasteiger partial charge on any atom is 0.296 e. The third-order valence-corrected chi connectivity index (χ3v) is 4.05. The molecule has 0 aliphatic rings. The van der Waals surface area contributed by atoms with Crippen LogP contribution >= 0.6 is 10.7 Å². The summed E-state index contributed by atoms with van der Waals surface area (Å²) in [7, 11) is 5.34. The summed E-state index contributed by atoms with van der Waals surface area (Å²) in [6.45, 7) is 2.23. The van der Waals surface area contributed by atoms with Crippen LogP contribution in [0.25, 0.3) is 11.4 Å². The molecule has 108 valence electrons. The SMILES string of the molecule is CCn1c(-c2ccc(N(C)C)cc2)nnc1S(=O)(=O)Cl. The van der Waals surface area contributed by atoms with E-state index < -0.39 is 9.05 Å². The largest absolute Gasteiger partial charge is 0.378 e. The Morgan fingerprint density at radius 2 is 1.80 bits per heavy atom. The van der Waals surface area contributed by atoms with Gasteiger partial charge in [-0.05, 0) is 31.2 Å². The van der Waals surface area contributed by atoms with Gasteiger partial charge in [0.15, 0.2) is 5.82 Å². The molecule has 2 rings (SSSR count). The van der Waals surface area contributed by atoms with E-state index in [2.05, 4.69) is 10.2 Å². The van der Waals surface area contributed by atoms with E-state index in [0.717, 1.165) is 11.3 Å². The van der Waals surface area contributed by atoms with Crippen LogP contribution in [0.4, 0.5) is 5.69 Å². The molecule has 0 fully saturated rings. The van der Waals surface area contributed by atoms with Gasteiger partial charge in [0.05, 0.1) is 0 Å². The molecule has 2 aromatic rings. The number of hydrogen-bond donors (Lipinski definition) is 0. The van der Waals surface area contributed by atoms with Gasteiger partial charge in [-0.15, -0.1) is 10.2 Å². The van der Waals surface area contributed by atoms with E-state index in [1.807, 2.05) is 50.2 Å². The lowest BCUT2D eigenvalue weighted by atomic mass is 10.2. The third-order valence-electron chi connectivity index (χ3n) is 2.89. The molecule has 0 radical (unpaired) electrons. The highest BCUT2D eigenvalue weighted by Crippen LogP contribution is 2.24. The number of nitrogens with zero attached hydrogens (tertiary/aromatic N) is 4. The Kier molecular flexibility index (Phi) is 4.01. The third kappa shape index (κ3) is 2.78. The molecule has 0 aliphatic carbocycles. The quantitative estimate of drug-likeness (QED) is 0.807. The molecule has 1 aromatic carbocycles. The summed E-state index contributed by atoms with van der Waals surface area (Å²) in [6.07, 6.45) is 0. The first-order valence-corrected chi connectivity index (χ1v) is 8.31. The molecule has 0 bridgehead atoms. The maximum atomic E-state index is 11.4. The second-order valence-electron chi connectivity index (χ2n) is 4.43. The van der Waals surface area contributed by atoms with Gasteiger partial charge in [-0.3, -0.25) is 4.57 Å². The Morgan fingerprint density at radius 1 is 1.20 bits per heavy atom. The predicted molar refractivity (Wildman–Crippen MR) is 78.5 cm³/mol. The van der Waals surface area contributed by atoms with Crippen LogP contribution in [0.2, 0.25) is 0 Å². The molecule has 0 saturated carbocycles. The van der Waals surface area contributed by atoms with E-state index in [4.69, 9.17) is 10.7 Å². The lowest BCUT2D eigenvalue weighted by Crippen LogP contribution is -2.08. The van der Waals surface area contributed by atoms with Gasteiger partial charge in [-0.25, -0.2) is 8.42 Å². The lowest BCUT2D eigenvalue weighted by Gasteiger charge is -2.12. The van der Waals surface area contributed by atoms with Gasteiger partial charge in [-0.2, -0.15) is 0 Å². The van der Waals surface area contributed by atoms with Crippen molar-refractivity contribution in [1.29, 1.82) is 0 Å². The van der Waals surface area contributed by atoms with Gasteiger partial charge in [0.25, 0.3) is 14.2 Å². The Labute approximate surface area is 122 Å². The van der Waals surface area contributed by atoms with Gasteiger partial charge >= 0.3 is 0 Å². The van der Waals surface area contributed by atoms with Crippen molar-refractivity contribution in [2.45, 2.75) is 18.6 Å². The highest BCUT2D eigenvalue weighted by molar-refractivity contribution is 8.13. The van der Waals surface area contributed by atoms with Crippen LogP contribution in [0.15, 0.2) is 29.4 Å². The van der Waals surface area contributed by atoms with Crippen LogP contribution < -0.4 is 4.90 Å². The molecule has 0 unspecified atom stereocenters. The van der Waals surface area contributed by atoms with E-state index in [1.165, 1.54) is 4.57 Å². The summed E-state index contributed by atoms with van der Waals surface area (Å²) in [6, 6.07) is 7.60. The number of rotatable bonds is 4. The molecule has 6 nitrogen and oxygen atoms in total. The second-order valence-corrected chi connectivity index (χ2v) is 6.89. The molecule has 0 atom stereocenters. The Bertz CT molecular complexity index is 708. The number of hydrogen-bond acceptors (Lipinski definition) is 5. The molecule has 1 aromatic heterocycles. The van der Waals surface area contributed by atoms with Crippen LogP contribution in [0.5, 0.6) is 0 Å². The number of aromatic nitrogens is 3. The summed E-state index contributed by atoms with van der Waals surface area (Å²) in [5, 5.41) is 7.38. The van der Waals surface area contributed by atoms with Crippen molar-refractivity contribution in [2.24, 2.45) is 0 Å². The molecule has 0 saturated heterocycles. The first-order valence-electron chi connectivity index (χ1n) is 6.00. The van der Waals surface area contributed by atoms with Crippen molar-refractivity contribution >= 4 is 25.4 Å². The van der Waals surface area contributed by atoms with E-state index >= 15 is 0 Å². The van der Waals surface area contributed by atoms with Crippen LogP contribution in [-0.4, -0.2) is 37.3 Å². The number of halogens is 1. The smallest absolute Gasteiger partial charge is 0.296 e. The topological polar surface area (TPSA) is 68.1 Å². The lowest BCUT2D eigenvalue weighted by molar-refractivity contribution is 0.583. The predicted octanol–water partition coefficient (Wildman–Crippen LogP) is 1.96. The summed E-state index contributed by atoms with van der Waals surface area (Å²) < 4.78 is 24.4. The first kappa shape index (κ1) is 14.8. The van der Waals surface area contributed by atoms with Crippen molar-refractivity contribution in [1.82, 2.24) is 14.8 Å². The van der Waals surface area contributed by atoms with E-state index in [9.17, 15) is 8.42 Å². The second kappa shape index (κ2) is 5.41. The van der Waals surface area contributed by atoms with Crippen molar-refractivity contribution < 1.29 is 8.42 Å². The molecule has 20 heavy (non-hydrogen) atoms. The zero-order valence-electron chi connectivity index (χ0n) is 11.4. The maximum absolute atomic E-state index is 11.4. The van der Waals surface area contributed by atoms with E-state index in [-0.39, 0.29) is 5.16 Å². The minimum atomic E-state index is -3.90. The molecule has 1 heterocycles. The van der Waals surface area contributed by atoms with Crippen LogP contribution in [0, 0.1) is 0 Å². The van der Waals surface area contributed by atoms with Crippen LogP contribution in [-0.2, 0) is 15.6 Å². The molecular formula is C12H15ClN4O2S. The minimum absolute atomic E-state index is 0.228. The zero-order valence-corrected chi connectivity index (χ0v) is 13.0. The fraction of sp³-hybridized carbons (Fsp3) is 0.333.